The molecule has 1 aromatic heterocycles. The molecule has 0 bridgehead atoms. The lowest BCUT2D eigenvalue weighted by atomic mass is 10.1. The van der Waals surface area contributed by atoms with Crippen LogP contribution in [0.3, 0.4) is 0 Å². The number of benzene rings is 2. The molecule has 0 fully saturated rings. The predicted molar refractivity (Wildman–Crippen MR) is 95.1 cm³/mol. The van der Waals surface area contributed by atoms with Crippen LogP contribution in [0.15, 0.2) is 34.7 Å². The Morgan fingerprint density at radius 3 is 2.39 bits per heavy atom. The van der Waals surface area contributed by atoms with E-state index in [0.717, 1.165) is 16.7 Å². The Bertz CT molecular complexity index is 908. The van der Waals surface area contributed by atoms with Crippen LogP contribution in [0.1, 0.15) is 21.7 Å². The molecule has 0 aliphatic rings. The van der Waals surface area contributed by atoms with Crippen LogP contribution in [0.5, 0.6) is 0 Å². The van der Waals surface area contributed by atoms with Gasteiger partial charge in [0.1, 0.15) is 11.3 Å². The monoisotopic (exact) mass is 367 g/mol. The number of rotatable bonds is 2. The maximum absolute atomic E-state index is 12.6. The summed E-state index contributed by atoms with van der Waals surface area (Å²) in [5, 5.41) is 4.57. The maximum atomic E-state index is 12.6. The predicted octanol–water partition coefficient (Wildman–Crippen LogP) is 6.26. The van der Waals surface area contributed by atoms with Gasteiger partial charge in [0.25, 0.3) is 5.91 Å². The van der Waals surface area contributed by atoms with E-state index in [1.165, 1.54) is 12.1 Å². The van der Waals surface area contributed by atoms with E-state index in [1.54, 1.807) is 6.07 Å². The van der Waals surface area contributed by atoms with Gasteiger partial charge in [0.05, 0.1) is 21.3 Å². The van der Waals surface area contributed by atoms with Gasteiger partial charge in [-0.1, -0.05) is 46.9 Å². The van der Waals surface area contributed by atoms with Crippen molar-refractivity contribution in [2.45, 2.75) is 13.8 Å². The highest BCUT2D eigenvalue weighted by Crippen LogP contribution is 2.35. The van der Waals surface area contributed by atoms with Crippen LogP contribution in [-0.2, 0) is 0 Å². The van der Waals surface area contributed by atoms with Gasteiger partial charge in [-0.05, 0) is 37.6 Å². The van der Waals surface area contributed by atoms with Crippen molar-refractivity contribution in [1.82, 2.24) is 0 Å². The van der Waals surface area contributed by atoms with E-state index in [2.05, 4.69) is 5.32 Å². The van der Waals surface area contributed by atoms with E-state index in [1.807, 2.05) is 26.0 Å². The summed E-state index contributed by atoms with van der Waals surface area (Å²) >= 11 is 18.1. The van der Waals surface area contributed by atoms with E-state index in [0.29, 0.717) is 21.9 Å². The van der Waals surface area contributed by atoms with Gasteiger partial charge in [0.15, 0.2) is 0 Å². The van der Waals surface area contributed by atoms with Crippen molar-refractivity contribution in [3.8, 4) is 0 Å². The van der Waals surface area contributed by atoms with Crippen LogP contribution in [-0.4, -0.2) is 5.91 Å². The summed E-state index contributed by atoms with van der Waals surface area (Å²) in [6.07, 6.45) is 0. The number of hydrogen-bond acceptors (Lipinski definition) is 2. The average Bonchev–Trinajstić information content (AvgIpc) is 2.78. The molecule has 0 saturated heterocycles. The van der Waals surface area contributed by atoms with Crippen LogP contribution in [0.25, 0.3) is 11.0 Å². The summed E-state index contributed by atoms with van der Waals surface area (Å²) in [4.78, 5) is 12.6. The second-order valence-corrected chi connectivity index (χ2v) is 6.41. The first kappa shape index (κ1) is 16.2. The highest BCUT2D eigenvalue weighted by atomic mass is 35.5. The molecule has 0 unspecified atom stereocenters. The van der Waals surface area contributed by atoms with Crippen LogP contribution in [0.2, 0.25) is 15.1 Å². The molecule has 0 atom stereocenters. The van der Waals surface area contributed by atoms with Crippen molar-refractivity contribution < 1.29 is 9.21 Å². The SMILES string of the molecule is Cc1oc2c(C(=O)Nc3c(Cl)cc(Cl)cc3Cl)cccc2c1C. The summed E-state index contributed by atoms with van der Waals surface area (Å²) in [7, 11) is 0. The fourth-order valence-electron chi connectivity index (χ4n) is 2.38. The van der Waals surface area contributed by atoms with Gasteiger partial charge >= 0.3 is 0 Å². The van der Waals surface area contributed by atoms with Crippen molar-refractivity contribution >= 4 is 57.4 Å². The number of nitrogens with one attached hydrogen (secondary N) is 1. The number of carbonyl (C=O) groups excluding carboxylic acids is 1. The Morgan fingerprint density at radius 1 is 1.09 bits per heavy atom. The number of carbonyl (C=O) groups is 1. The number of amides is 1. The molecule has 6 heteroatoms. The highest BCUT2D eigenvalue weighted by molar-refractivity contribution is 6.42. The number of furan rings is 1. The molecule has 118 valence electrons. The fourth-order valence-corrected chi connectivity index (χ4v) is 3.29. The van der Waals surface area contributed by atoms with Gasteiger partial charge in [0.2, 0.25) is 0 Å². The molecule has 0 aliphatic heterocycles. The molecule has 0 saturated carbocycles. The first-order valence-electron chi connectivity index (χ1n) is 6.83. The van der Waals surface area contributed by atoms with Crippen molar-refractivity contribution in [3.05, 3.63) is 62.3 Å². The van der Waals surface area contributed by atoms with Crippen molar-refractivity contribution in [3.63, 3.8) is 0 Å². The van der Waals surface area contributed by atoms with E-state index >= 15 is 0 Å². The Hall–Kier alpha value is -1.68. The van der Waals surface area contributed by atoms with Crippen molar-refractivity contribution in [2.24, 2.45) is 0 Å². The van der Waals surface area contributed by atoms with Crippen LogP contribution in [0, 0.1) is 13.8 Å². The van der Waals surface area contributed by atoms with Gasteiger partial charge in [-0.25, -0.2) is 0 Å². The zero-order valence-corrected chi connectivity index (χ0v) is 14.6. The normalized spacial score (nSPS) is 11.0. The lowest BCUT2D eigenvalue weighted by Gasteiger charge is -2.10. The smallest absolute Gasteiger partial charge is 0.259 e. The Kier molecular flexibility index (Phi) is 4.28. The molecule has 3 aromatic rings. The number of hydrogen-bond donors (Lipinski definition) is 1. The third-order valence-corrected chi connectivity index (χ3v) is 4.51. The van der Waals surface area contributed by atoms with Gasteiger partial charge in [-0.15, -0.1) is 0 Å². The number of halogens is 3. The second kappa shape index (κ2) is 6.08. The van der Waals surface area contributed by atoms with Gasteiger partial charge in [-0.3, -0.25) is 4.79 Å². The minimum atomic E-state index is -0.351. The van der Waals surface area contributed by atoms with E-state index < -0.39 is 0 Å². The summed E-state index contributed by atoms with van der Waals surface area (Å²) in [6.45, 7) is 3.82. The Labute approximate surface area is 148 Å². The van der Waals surface area contributed by atoms with E-state index in [4.69, 9.17) is 39.2 Å². The summed E-state index contributed by atoms with van der Waals surface area (Å²) in [5.41, 5.74) is 2.29. The third kappa shape index (κ3) is 2.92. The number of anilines is 1. The Morgan fingerprint density at radius 2 is 1.74 bits per heavy atom. The molecular formula is C17H12Cl3NO2. The molecule has 0 aliphatic carbocycles. The minimum Gasteiger partial charge on any atom is -0.460 e. The summed E-state index contributed by atoms with van der Waals surface area (Å²) in [5.74, 6) is 0.429. The zero-order valence-electron chi connectivity index (χ0n) is 12.3. The maximum Gasteiger partial charge on any atom is 0.259 e. The van der Waals surface area contributed by atoms with E-state index in [9.17, 15) is 4.79 Å². The first-order valence-corrected chi connectivity index (χ1v) is 7.96. The number of aryl methyl sites for hydroxylation is 2. The lowest BCUT2D eigenvalue weighted by Crippen LogP contribution is -2.13. The average molecular weight is 369 g/mol. The molecule has 1 amide bonds. The summed E-state index contributed by atoms with van der Waals surface area (Å²) < 4.78 is 5.72. The molecular weight excluding hydrogens is 357 g/mol. The standard InChI is InChI=1S/C17H12Cl3NO2/c1-8-9(2)23-16-11(8)4-3-5-12(16)17(22)21-15-13(19)6-10(18)7-14(15)20/h3-7H,1-2H3,(H,21,22). The van der Waals surface area contributed by atoms with Gasteiger partial charge < -0.3 is 9.73 Å². The zero-order chi connectivity index (χ0) is 16.7. The quantitative estimate of drug-likeness (QED) is 0.580. The number of fused-ring (bicyclic) bond motifs is 1. The van der Waals surface area contributed by atoms with Crippen LogP contribution in [0.4, 0.5) is 5.69 Å². The topological polar surface area (TPSA) is 42.2 Å². The molecule has 0 spiro atoms. The summed E-state index contributed by atoms with van der Waals surface area (Å²) in [6, 6.07) is 8.46. The lowest BCUT2D eigenvalue weighted by molar-refractivity contribution is 0.102. The number of para-hydroxylation sites is 1. The van der Waals surface area contributed by atoms with Crippen molar-refractivity contribution in [1.29, 1.82) is 0 Å². The molecule has 1 N–H and O–H groups in total. The third-order valence-electron chi connectivity index (χ3n) is 3.69. The molecule has 3 rings (SSSR count). The fraction of sp³-hybridized carbons (Fsp3) is 0.118. The first-order chi connectivity index (χ1) is 10.9. The second-order valence-electron chi connectivity index (χ2n) is 5.16. The van der Waals surface area contributed by atoms with Crippen LogP contribution >= 0.6 is 34.8 Å². The van der Waals surface area contributed by atoms with Crippen LogP contribution < -0.4 is 5.32 Å². The van der Waals surface area contributed by atoms with Gasteiger partial charge in [-0.2, -0.15) is 0 Å². The highest BCUT2D eigenvalue weighted by Gasteiger charge is 2.18. The van der Waals surface area contributed by atoms with Crippen molar-refractivity contribution in [2.75, 3.05) is 5.32 Å². The van der Waals surface area contributed by atoms with Gasteiger partial charge in [0, 0.05) is 10.4 Å². The minimum absolute atomic E-state index is 0.273. The molecule has 2 aromatic carbocycles. The molecule has 1 heterocycles. The molecule has 23 heavy (non-hydrogen) atoms. The molecule has 0 radical (unpaired) electrons. The van der Waals surface area contributed by atoms with E-state index in [-0.39, 0.29) is 16.0 Å². The largest absolute Gasteiger partial charge is 0.460 e. The molecule has 3 nitrogen and oxygen atoms in total. The Balaban J connectivity index is 2.04.